The Morgan fingerprint density at radius 3 is 1.71 bits per heavy atom. The zero-order chi connectivity index (χ0) is 11.0. The third kappa shape index (κ3) is 5.67. The van der Waals surface area contributed by atoms with Crippen molar-refractivity contribution in [1.82, 2.24) is 0 Å². The highest BCUT2D eigenvalue weighted by Crippen LogP contribution is 2.33. The van der Waals surface area contributed by atoms with Crippen LogP contribution >= 0.6 is 0 Å². The Hall–Kier alpha value is 0. The smallest absolute Gasteiger partial charge is 0.0412 e. The van der Waals surface area contributed by atoms with Crippen molar-refractivity contribution >= 4 is 0 Å². The van der Waals surface area contributed by atoms with Gasteiger partial charge >= 0.3 is 0 Å². The molecule has 1 saturated carbocycles. The van der Waals surface area contributed by atoms with Crippen LogP contribution in [-0.2, 0) is 0 Å². The van der Waals surface area contributed by atoms with Crippen molar-refractivity contribution in [2.75, 3.05) is 0 Å². The molecule has 0 N–H and O–H groups in total. The lowest BCUT2D eigenvalue weighted by molar-refractivity contribution is 0.240. The molecule has 0 atom stereocenters. The predicted octanol–water partition coefficient (Wildman–Crippen LogP) is 5.28. The number of hydrogen-bond acceptors (Lipinski definition) is 0. The van der Waals surface area contributed by atoms with E-state index < -0.39 is 0 Å². The van der Waals surface area contributed by atoms with Crippen LogP contribution in [0.5, 0.6) is 0 Å². The maximum absolute atomic E-state index is 2.35. The summed E-state index contributed by atoms with van der Waals surface area (Å²) in [7, 11) is 0. The molecule has 0 aromatic rings. The third-order valence-electron chi connectivity index (χ3n) is 3.35. The summed E-state index contributed by atoms with van der Waals surface area (Å²) in [5.74, 6) is 3.04. The minimum atomic E-state index is 0.910. The quantitative estimate of drug-likeness (QED) is 0.579. The Morgan fingerprint density at radius 2 is 1.36 bits per heavy atom. The standard InChI is InChI=1S/C12H24.C2H6/c1-4-11-5-7-12(8-6-11)9-10(2)3;1-2/h10-12H,4-9H2,1-3H3;1-2H3. The molecule has 0 radical (unpaired) electrons. The average molecular weight is 198 g/mol. The van der Waals surface area contributed by atoms with Crippen LogP contribution in [0.3, 0.4) is 0 Å². The van der Waals surface area contributed by atoms with Gasteiger partial charge in [-0.3, -0.25) is 0 Å². The molecule has 0 nitrogen and oxygen atoms in total. The van der Waals surface area contributed by atoms with E-state index in [1.165, 1.54) is 38.5 Å². The average Bonchev–Trinajstić information content (AvgIpc) is 2.21. The fourth-order valence-corrected chi connectivity index (χ4v) is 2.54. The lowest BCUT2D eigenvalue weighted by Crippen LogP contribution is -2.15. The fourth-order valence-electron chi connectivity index (χ4n) is 2.54. The van der Waals surface area contributed by atoms with Gasteiger partial charge in [-0.05, 0) is 24.2 Å². The summed E-state index contributed by atoms with van der Waals surface area (Å²) in [5, 5.41) is 0. The summed E-state index contributed by atoms with van der Waals surface area (Å²) >= 11 is 0. The molecule has 1 rings (SSSR count). The van der Waals surface area contributed by atoms with Gasteiger partial charge in [-0.2, -0.15) is 0 Å². The minimum Gasteiger partial charge on any atom is -0.0683 e. The fraction of sp³-hybridized carbons (Fsp3) is 1.00. The first-order valence-electron chi connectivity index (χ1n) is 6.72. The SMILES string of the molecule is CC.CCC1CCC(CC(C)C)CC1. The van der Waals surface area contributed by atoms with Gasteiger partial charge in [-0.15, -0.1) is 0 Å². The van der Waals surface area contributed by atoms with Crippen molar-refractivity contribution in [3.05, 3.63) is 0 Å². The molecule has 0 unspecified atom stereocenters. The summed E-state index contributed by atoms with van der Waals surface area (Å²) in [6.45, 7) is 11.0. The van der Waals surface area contributed by atoms with E-state index in [2.05, 4.69) is 20.8 Å². The van der Waals surface area contributed by atoms with E-state index in [4.69, 9.17) is 0 Å². The van der Waals surface area contributed by atoms with Crippen molar-refractivity contribution in [2.45, 2.75) is 73.1 Å². The van der Waals surface area contributed by atoms with E-state index in [-0.39, 0.29) is 0 Å². The van der Waals surface area contributed by atoms with Crippen molar-refractivity contribution < 1.29 is 0 Å². The first-order chi connectivity index (χ1) is 6.72. The van der Waals surface area contributed by atoms with Crippen LogP contribution in [0.2, 0.25) is 0 Å². The highest BCUT2D eigenvalue weighted by Gasteiger charge is 2.20. The van der Waals surface area contributed by atoms with Crippen LogP contribution in [0.1, 0.15) is 73.1 Å². The van der Waals surface area contributed by atoms with Crippen LogP contribution < -0.4 is 0 Å². The highest BCUT2D eigenvalue weighted by molar-refractivity contribution is 4.72. The van der Waals surface area contributed by atoms with E-state index in [9.17, 15) is 0 Å². The summed E-state index contributed by atoms with van der Waals surface area (Å²) < 4.78 is 0. The maximum atomic E-state index is 2.35. The zero-order valence-corrected chi connectivity index (χ0v) is 11.0. The van der Waals surface area contributed by atoms with E-state index in [0.29, 0.717) is 0 Å². The Bertz CT molecular complexity index is 107. The molecule has 86 valence electrons. The maximum Gasteiger partial charge on any atom is -0.0412 e. The molecule has 0 amide bonds. The van der Waals surface area contributed by atoms with E-state index in [0.717, 1.165) is 17.8 Å². The second-order valence-corrected chi connectivity index (χ2v) is 4.92. The second kappa shape index (κ2) is 8.32. The predicted molar refractivity (Wildman–Crippen MR) is 66.5 cm³/mol. The summed E-state index contributed by atoms with van der Waals surface area (Å²) in [6, 6.07) is 0. The van der Waals surface area contributed by atoms with Gasteiger partial charge in [-0.1, -0.05) is 66.7 Å². The number of rotatable bonds is 3. The molecule has 0 aliphatic heterocycles. The van der Waals surface area contributed by atoms with Crippen molar-refractivity contribution in [3.63, 3.8) is 0 Å². The zero-order valence-electron chi connectivity index (χ0n) is 11.0. The molecular weight excluding hydrogens is 168 g/mol. The summed E-state index contributed by atoms with van der Waals surface area (Å²) in [6.07, 6.45) is 8.92. The van der Waals surface area contributed by atoms with Crippen LogP contribution in [0.15, 0.2) is 0 Å². The Balaban J connectivity index is 0.000000791. The van der Waals surface area contributed by atoms with Gasteiger partial charge in [0, 0.05) is 0 Å². The molecule has 0 heterocycles. The molecule has 0 aromatic carbocycles. The largest absolute Gasteiger partial charge is 0.0683 e. The van der Waals surface area contributed by atoms with Gasteiger partial charge in [0.05, 0.1) is 0 Å². The van der Waals surface area contributed by atoms with Crippen LogP contribution in [0, 0.1) is 17.8 Å². The van der Waals surface area contributed by atoms with Crippen molar-refractivity contribution in [2.24, 2.45) is 17.8 Å². The first-order valence-corrected chi connectivity index (χ1v) is 6.72. The topological polar surface area (TPSA) is 0 Å². The molecule has 1 aliphatic rings. The van der Waals surface area contributed by atoms with Crippen molar-refractivity contribution in [1.29, 1.82) is 0 Å². The van der Waals surface area contributed by atoms with Crippen molar-refractivity contribution in [3.8, 4) is 0 Å². The second-order valence-electron chi connectivity index (χ2n) is 4.92. The van der Waals surface area contributed by atoms with E-state index >= 15 is 0 Å². The summed E-state index contributed by atoms with van der Waals surface area (Å²) in [4.78, 5) is 0. The molecule has 1 aliphatic carbocycles. The van der Waals surface area contributed by atoms with Gasteiger partial charge in [0.2, 0.25) is 0 Å². The minimum absolute atomic E-state index is 0.910. The van der Waals surface area contributed by atoms with Crippen LogP contribution in [0.25, 0.3) is 0 Å². The van der Waals surface area contributed by atoms with Gasteiger partial charge in [0.25, 0.3) is 0 Å². The van der Waals surface area contributed by atoms with E-state index in [1.54, 1.807) is 0 Å². The molecular formula is C14H30. The molecule has 0 heteroatoms. The first kappa shape index (κ1) is 14.0. The summed E-state index contributed by atoms with van der Waals surface area (Å²) in [5.41, 5.74) is 0. The molecule has 0 spiro atoms. The Kier molecular flexibility index (Phi) is 8.32. The van der Waals surface area contributed by atoms with Crippen LogP contribution in [0.4, 0.5) is 0 Å². The monoisotopic (exact) mass is 198 g/mol. The molecule has 1 fully saturated rings. The van der Waals surface area contributed by atoms with E-state index in [1.807, 2.05) is 13.8 Å². The molecule has 0 saturated heterocycles. The molecule has 0 bridgehead atoms. The lowest BCUT2D eigenvalue weighted by Gasteiger charge is -2.28. The van der Waals surface area contributed by atoms with Gasteiger partial charge in [-0.25, -0.2) is 0 Å². The highest BCUT2D eigenvalue weighted by atomic mass is 14.3. The van der Waals surface area contributed by atoms with Crippen LogP contribution in [-0.4, -0.2) is 0 Å². The van der Waals surface area contributed by atoms with Gasteiger partial charge in [0.1, 0.15) is 0 Å². The number of hydrogen-bond donors (Lipinski definition) is 0. The van der Waals surface area contributed by atoms with Gasteiger partial charge < -0.3 is 0 Å². The normalized spacial score (nSPS) is 27.0. The Morgan fingerprint density at radius 1 is 0.929 bits per heavy atom. The molecule has 0 aromatic heterocycles. The Labute approximate surface area is 91.5 Å². The lowest BCUT2D eigenvalue weighted by atomic mass is 9.78. The third-order valence-corrected chi connectivity index (χ3v) is 3.35. The van der Waals surface area contributed by atoms with Gasteiger partial charge in [0.15, 0.2) is 0 Å². The molecule has 14 heavy (non-hydrogen) atoms.